The standard InChI is InChI=1S/C30H23F7N4O5/c1-27(26(38)43)13-46-24-19(27)10-21(41-23(24)14-3-5-18(31)6-4-14)28(44,30(35,36)37)12-40-25(42)16-7-15-8-17(29(32,33)34)11-39-22(15)20(9-16)45-2/h3-11,44H,12-13H2,1-2H3,(H2,38,43)(H,40,42)/t27-,28?/m0/s1. The highest BCUT2D eigenvalue weighted by atomic mass is 19.4. The Kier molecular flexibility index (Phi) is 7.83. The fourth-order valence-electron chi connectivity index (χ4n) is 4.91. The number of methoxy groups -OCH3 is 1. The number of amides is 2. The molecule has 1 aliphatic rings. The molecule has 0 aliphatic carbocycles. The van der Waals surface area contributed by atoms with Gasteiger partial charge in [-0.2, -0.15) is 26.3 Å². The number of rotatable bonds is 7. The van der Waals surface area contributed by atoms with Gasteiger partial charge in [-0.05, 0) is 55.5 Å². The third-order valence-electron chi connectivity index (χ3n) is 7.69. The topological polar surface area (TPSA) is 137 Å². The first kappa shape index (κ1) is 32.4. The van der Waals surface area contributed by atoms with E-state index in [0.29, 0.717) is 12.3 Å². The molecule has 9 nitrogen and oxygen atoms in total. The summed E-state index contributed by atoms with van der Waals surface area (Å²) in [5, 5.41) is 13.0. The van der Waals surface area contributed by atoms with Crippen LogP contribution in [-0.2, 0) is 22.0 Å². The summed E-state index contributed by atoms with van der Waals surface area (Å²) in [4.78, 5) is 33.2. The smallest absolute Gasteiger partial charge is 0.424 e. The zero-order valence-corrected chi connectivity index (χ0v) is 23.8. The molecule has 0 fully saturated rings. The quantitative estimate of drug-likeness (QED) is 0.245. The fourth-order valence-corrected chi connectivity index (χ4v) is 4.91. The second kappa shape index (κ2) is 11.1. The van der Waals surface area contributed by atoms with Crippen LogP contribution >= 0.6 is 0 Å². The molecule has 0 spiro atoms. The van der Waals surface area contributed by atoms with E-state index in [0.717, 1.165) is 37.4 Å². The Morgan fingerprint density at radius 3 is 2.35 bits per heavy atom. The molecule has 2 aromatic heterocycles. The van der Waals surface area contributed by atoms with Crippen LogP contribution in [0.15, 0.2) is 54.7 Å². The minimum absolute atomic E-state index is 0.0470. The van der Waals surface area contributed by atoms with Gasteiger partial charge in [0.2, 0.25) is 11.5 Å². The summed E-state index contributed by atoms with van der Waals surface area (Å²) < 4.78 is 108. The number of nitrogens with zero attached hydrogens (tertiary/aromatic N) is 2. The third-order valence-corrected chi connectivity index (χ3v) is 7.69. The van der Waals surface area contributed by atoms with Crippen molar-refractivity contribution in [1.29, 1.82) is 0 Å². The SMILES string of the molecule is COc1cc(C(=O)NCC(O)(c2cc3c(c(-c4ccc(F)cc4)n2)OC[C@]3(C)C(N)=O)C(F)(F)F)cc2cc(C(F)(F)F)cnc12. The number of nitrogens with two attached hydrogens (primary N) is 1. The Morgan fingerprint density at radius 1 is 1.09 bits per heavy atom. The summed E-state index contributed by atoms with van der Waals surface area (Å²) in [7, 11) is 1.15. The first-order valence-electron chi connectivity index (χ1n) is 13.3. The molecule has 2 amide bonds. The van der Waals surface area contributed by atoms with E-state index in [2.05, 4.69) is 9.97 Å². The molecule has 0 saturated heterocycles. The second-order valence-electron chi connectivity index (χ2n) is 10.7. The lowest BCUT2D eigenvalue weighted by Crippen LogP contribution is -2.51. The first-order chi connectivity index (χ1) is 21.4. The number of hydrogen-bond acceptors (Lipinski definition) is 7. The van der Waals surface area contributed by atoms with Crippen LogP contribution < -0.4 is 20.5 Å². The normalized spacial score (nSPS) is 17.6. The predicted molar refractivity (Wildman–Crippen MR) is 147 cm³/mol. The number of carbonyl (C=O) groups is 2. The summed E-state index contributed by atoms with van der Waals surface area (Å²) in [5.74, 6) is -3.08. The van der Waals surface area contributed by atoms with Gasteiger partial charge >= 0.3 is 12.4 Å². The van der Waals surface area contributed by atoms with Gasteiger partial charge in [-0.3, -0.25) is 14.6 Å². The van der Waals surface area contributed by atoms with Crippen LogP contribution in [0, 0.1) is 5.82 Å². The molecular formula is C30H23F7N4O5. The average molecular weight is 653 g/mol. The predicted octanol–water partition coefficient (Wildman–Crippen LogP) is 4.78. The van der Waals surface area contributed by atoms with Gasteiger partial charge < -0.3 is 25.6 Å². The van der Waals surface area contributed by atoms with Gasteiger partial charge in [-0.15, -0.1) is 0 Å². The van der Waals surface area contributed by atoms with E-state index in [-0.39, 0.29) is 45.8 Å². The molecule has 0 bridgehead atoms. The molecule has 2 atom stereocenters. The highest BCUT2D eigenvalue weighted by Gasteiger charge is 2.57. The van der Waals surface area contributed by atoms with Gasteiger partial charge in [0.05, 0.1) is 24.9 Å². The zero-order valence-electron chi connectivity index (χ0n) is 23.8. The van der Waals surface area contributed by atoms with E-state index in [1.54, 1.807) is 0 Å². The monoisotopic (exact) mass is 652 g/mol. The van der Waals surface area contributed by atoms with Gasteiger partial charge in [0.15, 0.2) is 0 Å². The van der Waals surface area contributed by atoms with E-state index in [1.807, 2.05) is 5.32 Å². The molecule has 46 heavy (non-hydrogen) atoms. The summed E-state index contributed by atoms with van der Waals surface area (Å²) in [6, 6.07) is 7.94. The number of pyridine rings is 2. The average Bonchev–Trinajstić information content (AvgIpc) is 3.35. The number of alkyl halides is 6. The number of halogens is 7. The molecule has 2 aromatic carbocycles. The Morgan fingerprint density at radius 2 is 1.76 bits per heavy atom. The maximum Gasteiger partial charge on any atom is 0.424 e. The maximum atomic E-state index is 14.7. The molecular weight excluding hydrogens is 629 g/mol. The number of hydrogen-bond donors (Lipinski definition) is 3. The maximum absolute atomic E-state index is 14.7. The summed E-state index contributed by atoms with van der Waals surface area (Å²) in [6.45, 7) is -0.577. The Balaban J connectivity index is 1.58. The minimum Gasteiger partial charge on any atom is -0.494 e. The van der Waals surface area contributed by atoms with Crippen molar-refractivity contribution >= 4 is 22.7 Å². The summed E-state index contributed by atoms with van der Waals surface area (Å²) in [6.07, 6.45) is -9.70. The van der Waals surface area contributed by atoms with Crippen molar-refractivity contribution in [2.24, 2.45) is 5.73 Å². The lowest BCUT2D eigenvalue weighted by molar-refractivity contribution is -0.265. The molecule has 4 aromatic rings. The Labute approximate surface area is 255 Å². The molecule has 242 valence electrons. The molecule has 3 heterocycles. The minimum atomic E-state index is -5.49. The number of ether oxygens (including phenoxy) is 2. The Hall–Kier alpha value is -4.99. The first-order valence-corrected chi connectivity index (χ1v) is 13.3. The van der Waals surface area contributed by atoms with Gasteiger partial charge in [-0.25, -0.2) is 9.37 Å². The van der Waals surface area contributed by atoms with Crippen LogP contribution in [-0.4, -0.2) is 53.3 Å². The molecule has 0 saturated carbocycles. The molecule has 1 unspecified atom stereocenters. The van der Waals surface area contributed by atoms with Crippen molar-refractivity contribution in [3.63, 3.8) is 0 Å². The van der Waals surface area contributed by atoms with Crippen LogP contribution in [0.25, 0.3) is 22.2 Å². The van der Waals surface area contributed by atoms with Gasteiger partial charge in [0.1, 0.15) is 40.5 Å². The van der Waals surface area contributed by atoms with Gasteiger partial charge in [0.25, 0.3) is 5.91 Å². The van der Waals surface area contributed by atoms with Crippen molar-refractivity contribution in [1.82, 2.24) is 15.3 Å². The third kappa shape index (κ3) is 5.52. The summed E-state index contributed by atoms with van der Waals surface area (Å²) in [5.41, 5.74) is -2.95. The van der Waals surface area contributed by atoms with Crippen LogP contribution in [0.4, 0.5) is 30.7 Å². The van der Waals surface area contributed by atoms with E-state index in [9.17, 15) is 45.4 Å². The lowest BCUT2D eigenvalue weighted by Gasteiger charge is -2.31. The van der Waals surface area contributed by atoms with Crippen LogP contribution in [0.2, 0.25) is 0 Å². The molecule has 16 heteroatoms. The van der Waals surface area contributed by atoms with Crippen molar-refractivity contribution in [3.05, 3.63) is 82.9 Å². The number of nitrogens with one attached hydrogen (secondary N) is 1. The Bertz CT molecular complexity index is 1860. The molecule has 0 radical (unpaired) electrons. The van der Waals surface area contributed by atoms with E-state index in [4.69, 9.17) is 15.2 Å². The van der Waals surface area contributed by atoms with Crippen molar-refractivity contribution in [2.45, 2.75) is 30.3 Å². The highest BCUT2D eigenvalue weighted by Crippen LogP contribution is 2.47. The van der Waals surface area contributed by atoms with Gasteiger partial charge in [0, 0.05) is 28.3 Å². The number of fused-ring (bicyclic) bond motifs is 2. The van der Waals surface area contributed by atoms with Crippen LogP contribution in [0.5, 0.6) is 11.5 Å². The fraction of sp³-hybridized carbons (Fsp3) is 0.267. The van der Waals surface area contributed by atoms with E-state index in [1.165, 1.54) is 19.1 Å². The molecule has 1 aliphatic heterocycles. The van der Waals surface area contributed by atoms with Crippen molar-refractivity contribution < 1.29 is 54.9 Å². The lowest BCUT2D eigenvalue weighted by atomic mass is 9.81. The summed E-state index contributed by atoms with van der Waals surface area (Å²) >= 11 is 0. The number of carbonyl (C=O) groups excluding carboxylic acids is 2. The molecule has 4 N–H and O–H groups in total. The van der Waals surface area contributed by atoms with Crippen molar-refractivity contribution in [3.8, 4) is 22.8 Å². The van der Waals surface area contributed by atoms with Crippen LogP contribution in [0.1, 0.15) is 34.1 Å². The van der Waals surface area contributed by atoms with E-state index < -0.39 is 64.4 Å². The number of primary amides is 1. The number of aliphatic hydroxyl groups is 1. The van der Waals surface area contributed by atoms with E-state index >= 15 is 0 Å². The van der Waals surface area contributed by atoms with Gasteiger partial charge in [-0.1, -0.05) is 0 Å². The van der Waals surface area contributed by atoms with Crippen molar-refractivity contribution in [2.75, 3.05) is 20.3 Å². The second-order valence-corrected chi connectivity index (χ2v) is 10.7. The largest absolute Gasteiger partial charge is 0.494 e. The molecule has 5 rings (SSSR count). The number of benzene rings is 2. The highest BCUT2D eigenvalue weighted by molar-refractivity contribution is 6.00. The van der Waals surface area contributed by atoms with Crippen LogP contribution in [0.3, 0.4) is 0 Å². The number of aromatic nitrogens is 2. The zero-order chi connectivity index (χ0) is 33.8.